The molecule has 0 aliphatic carbocycles. The lowest BCUT2D eigenvalue weighted by atomic mass is 10.1. The van der Waals surface area contributed by atoms with Gasteiger partial charge in [0, 0.05) is 18.0 Å². The van der Waals surface area contributed by atoms with Crippen molar-refractivity contribution >= 4 is 27.3 Å². The van der Waals surface area contributed by atoms with Crippen LogP contribution in [0.5, 0.6) is 0 Å². The molecule has 1 aliphatic heterocycles. The summed E-state index contributed by atoms with van der Waals surface area (Å²) in [6.45, 7) is 4.77. The van der Waals surface area contributed by atoms with Gasteiger partial charge in [-0.25, -0.2) is 8.42 Å². The number of amides is 1. The maximum Gasteiger partial charge on any atom is 0.253 e. The molecule has 1 amide bonds. The van der Waals surface area contributed by atoms with Gasteiger partial charge < -0.3 is 5.32 Å². The predicted octanol–water partition coefficient (Wildman–Crippen LogP) is 3.09. The molecule has 1 N–H and O–H groups in total. The standard InChI is InChI=1S/C19H24N2O3S2/c1-3-15-7-9-16(10-8-15)13-20-19(22)17-5-4-12-21(17)26(23,24)18-11-6-14(2)25-18/h6-11,17H,3-5,12-13H2,1-2H3,(H,20,22)/t17-/m1/s1. The number of aryl methyl sites for hydroxylation is 2. The number of sulfonamides is 1. The van der Waals surface area contributed by atoms with Crippen molar-refractivity contribution in [2.75, 3.05) is 6.54 Å². The smallest absolute Gasteiger partial charge is 0.253 e. The Bertz CT molecular complexity index is 872. The largest absolute Gasteiger partial charge is 0.351 e. The van der Waals surface area contributed by atoms with Crippen LogP contribution < -0.4 is 5.32 Å². The van der Waals surface area contributed by atoms with Gasteiger partial charge in [-0.15, -0.1) is 11.3 Å². The minimum absolute atomic E-state index is 0.223. The van der Waals surface area contributed by atoms with Crippen molar-refractivity contribution in [3.8, 4) is 0 Å². The number of carbonyl (C=O) groups excluding carboxylic acids is 1. The van der Waals surface area contributed by atoms with Crippen LogP contribution in [0.4, 0.5) is 0 Å². The Labute approximate surface area is 159 Å². The zero-order valence-corrected chi connectivity index (χ0v) is 16.7. The summed E-state index contributed by atoms with van der Waals surface area (Å²) in [5, 5.41) is 2.90. The second-order valence-electron chi connectivity index (χ2n) is 6.53. The Balaban J connectivity index is 1.68. The summed E-state index contributed by atoms with van der Waals surface area (Å²) < 4.78 is 27.4. The number of thiophene rings is 1. The van der Waals surface area contributed by atoms with Gasteiger partial charge in [0.2, 0.25) is 5.91 Å². The average molecular weight is 393 g/mol. The van der Waals surface area contributed by atoms with E-state index in [1.165, 1.54) is 21.2 Å². The molecule has 0 bridgehead atoms. The van der Waals surface area contributed by atoms with Gasteiger partial charge in [0.05, 0.1) is 0 Å². The number of hydrogen-bond acceptors (Lipinski definition) is 4. The van der Waals surface area contributed by atoms with E-state index >= 15 is 0 Å². The number of benzene rings is 1. The van der Waals surface area contributed by atoms with Crippen LogP contribution in [0.1, 0.15) is 35.8 Å². The molecule has 2 aromatic rings. The van der Waals surface area contributed by atoms with Crippen molar-refractivity contribution in [2.45, 2.75) is 49.9 Å². The number of nitrogens with one attached hydrogen (secondary N) is 1. The van der Waals surface area contributed by atoms with Crippen LogP contribution in [0.25, 0.3) is 0 Å². The number of nitrogens with zero attached hydrogens (tertiary/aromatic N) is 1. The van der Waals surface area contributed by atoms with Crippen LogP contribution in [0, 0.1) is 6.92 Å². The molecular formula is C19H24N2O3S2. The maximum atomic E-state index is 12.9. The fraction of sp³-hybridized carbons (Fsp3) is 0.421. The molecule has 3 rings (SSSR count). The summed E-state index contributed by atoms with van der Waals surface area (Å²) in [7, 11) is -3.61. The van der Waals surface area contributed by atoms with Gasteiger partial charge in [-0.1, -0.05) is 31.2 Å². The van der Waals surface area contributed by atoms with Gasteiger partial charge >= 0.3 is 0 Å². The summed E-state index contributed by atoms with van der Waals surface area (Å²) in [5.41, 5.74) is 2.26. The molecule has 1 fully saturated rings. The Kier molecular flexibility index (Phi) is 5.79. The number of hydrogen-bond donors (Lipinski definition) is 1. The van der Waals surface area contributed by atoms with Crippen LogP contribution in [-0.2, 0) is 27.8 Å². The lowest BCUT2D eigenvalue weighted by molar-refractivity contribution is -0.124. The third-order valence-corrected chi connectivity index (χ3v) is 8.06. The molecule has 2 heterocycles. The van der Waals surface area contributed by atoms with Crippen molar-refractivity contribution in [2.24, 2.45) is 0 Å². The molecule has 1 aromatic heterocycles. The topological polar surface area (TPSA) is 66.5 Å². The van der Waals surface area contributed by atoms with E-state index in [4.69, 9.17) is 0 Å². The first-order valence-corrected chi connectivity index (χ1v) is 11.1. The SMILES string of the molecule is CCc1ccc(CNC(=O)[C@H]2CCCN2S(=O)(=O)c2ccc(C)s2)cc1. The maximum absolute atomic E-state index is 12.9. The highest BCUT2D eigenvalue weighted by atomic mass is 32.2. The van der Waals surface area contributed by atoms with Gasteiger partial charge in [-0.3, -0.25) is 4.79 Å². The number of rotatable bonds is 6. The predicted molar refractivity (Wildman–Crippen MR) is 104 cm³/mol. The van der Waals surface area contributed by atoms with Gasteiger partial charge in [0.15, 0.2) is 0 Å². The fourth-order valence-electron chi connectivity index (χ4n) is 3.16. The first-order chi connectivity index (χ1) is 12.4. The van der Waals surface area contributed by atoms with Crippen molar-refractivity contribution in [1.29, 1.82) is 0 Å². The lowest BCUT2D eigenvalue weighted by Gasteiger charge is -2.22. The summed E-state index contributed by atoms with van der Waals surface area (Å²) in [6.07, 6.45) is 2.24. The molecule has 0 radical (unpaired) electrons. The second-order valence-corrected chi connectivity index (χ2v) is 9.93. The Morgan fingerprint density at radius 1 is 1.19 bits per heavy atom. The zero-order chi connectivity index (χ0) is 18.7. The Morgan fingerprint density at radius 3 is 2.50 bits per heavy atom. The van der Waals surface area contributed by atoms with E-state index in [9.17, 15) is 13.2 Å². The fourth-order valence-corrected chi connectivity index (χ4v) is 6.23. The van der Waals surface area contributed by atoms with Crippen molar-refractivity contribution in [3.05, 3.63) is 52.4 Å². The minimum atomic E-state index is -3.61. The highest BCUT2D eigenvalue weighted by molar-refractivity contribution is 7.91. The van der Waals surface area contributed by atoms with E-state index in [2.05, 4.69) is 12.2 Å². The van der Waals surface area contributed by atoms with Crippen LogP contribution in [-0.4, -0.2) is 31.2 Å². The molecule has 1 atom stereocenters. The molecule has 5 nitrogen and oxygen atoms in total. The molecule has 1 aliphatic rings. The normalized spacial score (nSPS) is 18.2. The van der Waals surface area contributed by atoms with Gasteiger partial charge in [0.25, 0.3) is 10.0 Å². The Morgan fingerprint density at radius 2 is 1.88 bits per heavy atom. The third-order valence-electron chi connectivity index (χ3n) is 4.68. The van der Waals surface area contributed by atoms with Gasteiger partial charge in [-0.05, 0) is 49.4 Å². The first kappa shape index (κ1) is 19.1. The second kappa shape index (κ2) is 7.90. The number of carbonyl (C=O) groups is 1. The van der Waals surface area contributed by atoms with E-state index < -0.39 is 16.1 Å². The molecule has 0 spiro atoms. The quantitative estimate of drug-likeness (QED) is 0.821. The molecule has 1 aromatic carbocycles. The molecular weight excluding hydrogens is 368 g/mol. The summed E-state index contributed by atoms with van der Waals surface area (Å²) in [6, 6.07) is 10.9. The molecule has 140 valence electrons. The molecule has 1 saturated heterocycles. The summed E-state index contributed by atoms with van der Waals surface area (Å²) >= 11 is 1.25. The molecule has 7 heteroatoms. The molecule has 0 unspecified atom stereocenters. The average Bonchev–Trinajstić information content (AvgIpc) is 3.30. The monoisotopic (exact) mass is 392 g/mol. The van der Waals surface area contributed by atoms with E-state index in [-0.39, 0.29) is 5.91 Å². The third kappa shape index (κ3) is 4.00. The highest BCUT2D eigenvalue weighted by Crippen LogP contribution is 2.30. The van der Waals surface area contributed by atoms with Crippen LogP contribution in [0.15, 0.2) is 40.6 Å². The van der Waals surface area contributed by atoms with Gasteiger partial charge in [-0.2, -0.15) is 4.31 Å². The van der Waals surface area contributed by atoms with E-state index in [1.807, 2.05) is 31.2 Å². The van der Waals surface area contributed by atoms with Crippen molar-refractivity contribution in [1.82, 2.24) is 9.62 Å². The van der Waals surface area contributed by atoms with Crippen LogP contribution in [0.3, 0.4) is 0 Å². The van der Waals surface area contributed by atoms with Crippen molar-refractivity contribution in [3.63, 3.8) is 0 Å². The van der Waals surface area contributed by atoms with E-state index in [1.54, 1.807) is 12.1 Å². The summed E-state index contributed by atoms with van der Waals surface area (Å²) in [5.74, 6) is -0.223. The van der Waals surface area contributed by atoms with Crippen molar-refractivity contribution < 1.29 is 13.2 Å². The Hall–Kier alpha value is -1.70. The van der Waals surface area contributed by atoms with Crippen LogP contribution >= 0.6 is 11.3 Å². The molecule has 26 heavy (non-hydrogen) atoms. The highest BCUT2D eigenvalue weighted by Gasteiger charge is 2.39. The zero-order valence-electron chi connectivity index (χ0n) is 15.1. The van der Waals surface area contributed by atoms with Gasteiger partial charge in [0.1, 0.15) is 10.3 Å². The van der Waals surface area contributed by atoms with E-state index in [0.717, 1.165) is 16.9 Å². The first-order valence-electron chi connectivity index (χ1n) is 8.85. The summed E-state index contributed by atoms with van der Waals surface area (Å²) in [4.78, 5) is 13.6. The van der Waals surface area contributed by atoms with E-state index in [0.29, 0.717) is 30.1 Å². The molecule has 0 saturated carbocycles. The lowest BCUT2D eigenvalue weighted by Crippen LogP contribution is -2.45. The minimum Gasteiger partial charge on any atom is -0.351 e. The van der Waals surface area contributed by atoms with Crippen LogP contribution in [0.2, 0.25) is 0 Å².